The first-order valence-electron chi connectivity index (χ1n) is 4.31. The molecule has 0 unspecified atom stereocenters. The maximum atomic E-state index is 10.5. The van der Waals surface area contributed by atoms with E-state index in [9.17, 15) is 4.79 Å². The van der Waals surface area contributed by atoms with Crippen molar-refractivity contribution in [3.63, 3.8) is 0 Å². The Morgan fingerprint density at radius 3 is 3.00 bits per heavy atom. The van der Waals surface area contributed by atoms with Crippen molar-refractivity contribution in [2.24, 2.45) is 5.73 Å². The predicted molar refractivity (Wildman–Crippen MR) is 55.7 cm³/mol. The highest BCUT2D eigenvalue weighted by molar-refractivity contribution is 5.74. The molecule has 0 aliphatic heterocycles. The molecule has 6 nitrogen and oxygen atoms in total. The summed E-state index contributed by atoms with van der Waals surface area (Å²) in [5.41, 5.74) is 11.2. The molecule has 1 heterocycles. The molecule has 0 saturated heterocycles. The van der Waals surface area contributed by atoms with Gasteiger partial charge in [-0.2, -0.15) is 5.26 Å². The van der Waals surface area contributed by atoms with Crippen LogP contribution in [0.25, 0.3) is 0 Å². The van der Waals surface area contributed by atoms with Crippen LogP contribution in [0.15, 0.2) is 12.3 Å². The minimum absolute atomic E-state index is 0.191. The summed E-state index contributed by atoms with van der Waals surface area (Å²) in [6, 6.07) is 3.47. The SMILES string of the molecule is N#Cc1cc(N)cnc1NCCC(N)=O. The Morgan fingerprint density at radius 1 is 1.67 bits per heavy atom. The van der Waals surface area contributed by atoms with E-state index in [1.54, 1.807) is 0 Å². The average Bonchev–Trinajstić information content (AvgIpc) is 2.19. The third-order valence-electron chi connectivity index (χ3n) is 1.69. The number of pyridine rings is 1. The Morgan fingerprint density at radius 2 is 2.40 bits per heavy atom. The third-order valence-corrected chi connectivity index (χ3v) is 1.69. The quantitative estimate of drug-likeness (QED) is 0.630. The number of nitriles is 1. The van der Waals surface area contributed by atoms with Crippen LogP contribution in [0.2, 0.25) is 0 Å². The van der Waals surface area contributed by atoms with Gasteiger partial charge in [-0.1, -0.05) is 0 Å². The molecule has 1 aromatic heterocycles. The number of nitrogens with one attached hydrogen (secondary N) is 1. The van der Waals surface area contributed by atoms with Crippen molar-refractivity contribution in [3.05, 3.63) is 17.8 Å². The molecule has 0 aliphatic carbocycles. The number of amides is 1. The molecular weight excluding hydrogens is 194 g/mol. The van der Waals surface area contributed by atoms with E-state index in [4.69, 9.17) is 16.7 Å². The zero-order chi connectivity index (χ0) is 11.3. The van der Waals surface area contributed by atoms with Crippen LogP contribution in [-0.2, 0) is 4.79 Å². The molecular formula is C9H11N5O. The van der Waals surface area contributed by atoms with Crippen molar-refractivity contribution >= 4 is 17.4 Å². The van der Waals surface area contributed by atoms with Gasteiger partial charge >= 0.3 is 0 Å². The van der Waals surface area contributed by atoms with E-state index in [1.807, 2.05) is 6.07 Å². The van der Waals surface area contributed by atoms with Gasteiger partial charge in [-0.15, -0.1) is 0 Å². The normalized spacial score (nSPS) is 9.27. The van der Waals surface area contributed by atoms with Crippen LogP contribution >= 0.6 is 0 Å². The van der Waals surface area contributed by atoms with Gasteiger partial charge in [0.25, 0.3) is 0 Å². The lowest BCUT2D eigenvalue weighted by Crippen LogP contribution is -2.16. The number of hydrogen-bond acceptors (Lipinski definition) is 5. The summed E-state index contributed by atoms with van der Waals surface area (Å²) in [4.78, 5) is 14.4. The molecule has 6 heteroatoms. The summed E-state index contributed by atoms with van der Waals surface area (Å²) in [6.07, 6.45) is 1.63. The minimum atomic E-state index is -0.406. The van der Waals surface area contributed by atoms with Gasteiger partial charge in [-0.3, -0.25) is 4.79 Å². The minimum Gasteiger partial charge on any atom is -0.397 e. The monoisotopic (exact) mass is 205 g/mol. The highest BCUT2D eigenvalue weighted by atomic mass is 16.1. The fraction of sp³-hybridized carbons (Fsp3) is 0.222. The van der Waals surface area contributed by atoms with Gasteiger partial charge in [0.1, 0.15) is 11.9 Å². The number of nitrogens with two attached hydrogens (primary N) is 2. The van der Waals surface area contributed by atoms with Crippen LogP contribution < -0.4 is 16.8 Å². The number of nitrogen functional groups attached to an aromatic ring is 1. The predicted octanol–water partition coefficient (Wildman–Crippen LogP) is -0.177. The molecule has 78 valence electrons. The first kappa shape index (κ1) is 10.8. The Hall–Kier alpha value is -2.29. The van der Waals surface area contributed by atoms with Crippen molar-refractivity contribution in [3.8, 4) is 6.07 Å². The molecule has 5 N–H and O–H groups in total. The number of hydrogen-bond donors (Lipinski definition) is 3. The lowest BCUT2D eigenvalue weighted by Gasteiger charge is -2.05. The fourth-order valence-corrected chi connectivity index (χ4v) is 1.01. The number of carbonyl (C=O) groups excluding carboxylic acids is 1. The number of nitrogens with zero attached hydrogens (tertiary/aromatic N) is 2. The number of anilines is 2. The molecule has 0 bridgehead atoms. The largest absolute Gasteiger partial charge is 0.397 e. The van der Waals surface area contributed by atoms with Gasteiger partial charge in [-0.25, -0.2) is 4.98 Å². The second-order valence-corrected chi connectivity index (χ2v) is 2.92. The zero-order valence-corrected chi connectivity index (χ0v) is 8.03. The first-order valence-corrected chi connectivity index (χ1v) is 4.31. The molecule has 0 spiro atoms. The number of primary amides is 1. The van der Waals surface area contributed by atoms with E-state index in [2.05, 4.69) is 10.3 Å². The van der Waals surface area contributed by atoms with Crippen LogP contribution in [0.1, 0.15) is 12.0 Å². The van der Waals surface area contributed by atoms with E-state index >= 15 is 0 Å². The van der Waals surface area contributed by atoms with Gasteiger partial charge in [0.2, 0.25) is 5.91 Å². The summed E-state index contributed by atoms with van der Waals surface area (Å²) >= 11 is 0. The Balaban J connectivity index is 2.69. The Labute approximate surface area is 86.9 Å². The van der Waals surface area contributed by atoms with Crippen LogP contribution in [0.4, 0.5) is 11.5 Å². The fourth-order valence-electron chi connectivity index (χ4n) is 1.01. The van der Waals surface area contributed by atoms with Crippen LogP contribution in [-0.4, -0.2) is 17.4 Å². The van der Waals surface area contributed by atoms with Crippen molar-refractivity contribution in [2.75, 3.05) is 17.6 Å². The highest BCUT2D eigenvalue weighted by Crippen LogP contribution is 2.13. The highest BCUT2D eigenvalue weighted by Gasteiger charge is 2.03. The number of aromatic nitrogens is 1. The Kier molecular flexibility index (Phi) is 3.46. The molecule has 15 heavy (non-hydrogen) atoms. The van der Waals surface area contributed by atoms with Gasteiger partial charge in [0, 0.05) is 13.0 Å². The summed E-state index contributed by atoms with van der Waals surface area (Å²) in [7, 11) is 0. The second-order valence-electron chi connectivity index (χ2n) is 2.92. The summed E-state index contributed by atoms with van der Waals surface area (Å²) < 4.78 is 0. The van der Waals surface area contributed by atoms with E-state index in [1.165, 1.54) is 12.3 Å². The maximum absolute atomic E-state index is 10.5. The summed E-state index contributed by atoms with van der Waals surface area (Å²) in [6.45, 7) is 0.348. The van der Waals surface area contributed by atoms with Crippen LogP contribution in [0.3, 0.4) is 0 Å². The number of carbonyl (C=O) groups is 1. The molecule has 1 rings (SSSR count). The molecule has 1 aromatic rings. The molecule has 1 amide bonds. The first-order chi connectivity index (χ1) is 7.13. The van der Waals surface area contributed by atoms with Crippen molar-refractivity contribution in [1.29, 1.82) is 5.26 Å². The van der Waals surface area contributed by atoms with Crippen LogP contribution in [0, 0.1) is 11.3 Å². The summed E-state index contributed by atoms with van der Waals surface area (Å²) in [5.74, 6) is 0.00408. The molecule has 0 aromatic carbocycles. The van der Waals surface area contributed by atoms with Crippen molar-refractivity contribution < 1.29 is 4.79 Å². The Bertz CT molecular complexity index is 409. The standard InChI is InChI=1S/C9H11N5O/c10-4-6-3-7(11)5-14-9(6)13-2-1-8(12)15/h3,5H,1-2,11H2,(H2,12,15)(H,13,14). The molecule has 0 saturated carbocycles. The second kappa shape index (κ2) is 4.81. The van der Waals surface area contributed by atoms with Crippen molar-refractivity contribution in [2.45, 2.75) is 6.42 Å². The molecule has 0 aliphatic rings. The topological polar surface area (TPSA) is 118 Å². The molecule has 0 atom stereocenters. The number of rotatable bonds is 4. The van der Waals surface area contributed by atoms with Gasteiger partial charge in [0.15, 0.2) is 0 Å². The van der Waals surface area contributed by atoms with Gasteiger partial charge in [-0.05, 0) is 6.07 Å². The maximum Gasteiger partial charge on any atom is 0.219 e. The molecule has 0 radical (unpaired) electrons. The van der Waals surface area contributed by atoms with E-state index in [0.717, 1.165) is 0 Å². The lowest BCUT2D eigenvalue weighted by molar-refractivity contribution is -0.117. The van der Waals surface area contributed by atoms with Crippen molar-refractivity contribution in [1.82, 2.24) is 4.98 Å². The smallest absolute Gasteiger partial charge is 0.219 e. The van der Waals surface area contributed by atoms with Crippen LogP contribution in [0.5, 0.6) is 0 Å². The average molecular weight is 205 g/mol. The molecule has 0 fully saturated rings. The zero-order valence-electron chi connectivity index (χ0n) is 8.03. The van der Waals surface area contributed by atoms with Gasteiger partial charge < -0.3 is 16.8 Å². The van der Waals surface area contributed by atoms with E-state index < -0.39 is 5.91 Å². The van der Waals surface area contributed by atoms with E-state index in [-0.39, 0.29) is 6.42 Å². The van der Waals surface area contributed by atoms with E-state index in [0.29, 0.717) is 23.6 Å². The summed E-state index contributed by atoms with van der Waals surface area (Å²) in [5, 5.41) is 11.6. The van der Waals surface area contributed by atoms with Gasteiger partial charge in [0.05, 0.1) is 17.4 Å². The lowest BCUT2D eigenvalue weighted by atomic mass is 10.2. The third kappa shape index (κ3) is 3.15.